The molecule has 0 aliphatic carbocycles. The molecule has 0 fully saturated rings. The molecule has 0 saturated heterocycles. The monoisotopic (exact) mass is 163 g/mol. The van der Waals surface area contributed by atoms with Gasteiger partial charge in [0.25, 0.3) is 0 Å². The fraction of sp³-hybridized carbons (Fsp3) is 0.800. The zero-order valence-corrected chi connectivity index (χ0v) is 6.11. The number of hydrogen-bond acceptors (Lipinski definition) is 1. The highest BCUT2D eigenvalue weighted by Crippen LogP contribution is 1.89. The molecule has 0 atom stereocenters. The predicted octanol–water partition coefficient (Wildman–Crippen LogP) is 1.86. The van der Waals surface area contributed by atoms with E-state index in [1.54, 1.807) is 7.05 Å². The van der Waals surface area contributed by atoms with Gasteiger partial charge in [-0.15, -0.1) is 0 Å². The molecule has 0 aliphatic heterocycles. The van der Waals surface area contributed by atoms with Crippen molar-refractivity contribution >= 4 is 22.1 Å². The van der Waals surface area contributed by atoms with E-state index in [2.05, 4.69) is 20.9 Å². The van der Waals surface area contributed by atoms with E-state index in [0.717, 1.165) is 11.8 Å². The molecule has 2 heteroatoms. The first-order valence-corrected chi connectivity index (χ1v) is 3.50. The number of rotatable bonds is 3. The standard InChI is InChI=1S/C5H10BrN/c1-7-5-3-2-4-6/h5H,2-4H2,1H3/b7-5+. The molecule has 0 unspecified atom stereocenters. The van der Waals surface area contributed by atoms with Crippen molar-refractivity contribution in [1.82, 2.24) is 0 Å². The molecule has 42 valence electrons. The minimum atomic E-state index is 1.08. The van der Waals surface area contributed by atoms with Gasteiger partial charge in [-0.3, -0.25) is 0 Å². The van der Waals surface area contributed by atoms with E-state index in [1.165, 1.54) is 6.42 Å². The third kappa shape index (κ3) is 6.15. The molecule has 0 saturated carbocycles. The molecule has 0 radical (unpaired) electrons. The summed E-state index contributed by atoms with van der Waals surface area (Å²) in [4.78, 5) is 3.83. The van der Waals surface area contributed by atoms with Crippen LogP contribution in [0.1, 0.15) is 12.8 Å². The second-order valence-electron chi connectivity index (χ2n) is 1.27. The summed E-state index contributed by atoms with van der Waals surface area (Å²) in [6.07, 6.45) is 4.22. The highest BCUT2D eigenvalue weighted by molar-refractivity contribution is 9.09. The zero-order valence-electron chi connectivity index (χ0n) is 4.52. The number of unbranched alkanes of at least 4 members (excludes halogenated alkanes) is 1. The molecule has 0 aromatic heterocycles. The summed E-state index contributed by atoms with van der Waals surface area (Å²) in [5, 5.41) is 1.08. The van der Waals surface area contributed by atoms with Crippen LogP contribution in [0.4, 0.5) is 0 Å². The van der Waals surface area contributed by atoms with Crippen LogP contribution in [0.5, 0.6) is 0 Å². The van der Waals surface area contributed by atoms with Gasteiger partial charge >= 0.3 is 0 Å². The summed E-state index contributed by atoms with van der Waals surface area (Å²) in [6, 6.07) is 0. The normalized spacial score (nSPS) is 10.6. The maximum atomic E-state index is 3.83. The Bertz CT molecular complexity index is 52.0. The van der Waals surface area contributed by atoms with Gasteiger partial charge < -0.3 is 4.99 Å². The van der Waals surface area contributed by atoms with Gasteiger partial charge in [-0.1, -0.05) is 15.9 Å². The van der Waals surface area contributed by atoms with Crippen molar-refractivity contribution in [2.75, 3.05) is 12.4 Å². The summed E-state index contributed by atoms with van der Waals surface area (Å²) < 4.78 is 0. The first kappa shape index (κ1) is 7.15. The van der Waals surface area contributed by atoms with Crippen LogP contribution in [-0.4, -0.2) is 18.6 Å². The average Bonchev–Trinajstić information content (AvgIpc) is 1.69. The van der Waals surface area contributed by atoms with E-state index >= 15 is 0 Å². The molecule has 0 rings (SSSR count). The van der Waals surface area contributed by atoms with Gasteiger partial charge in [0, 0.05) is 12.4 Å². The van der Waals surface area contributed by atoms with Gasteiger partial charge in [-0.25, -0.2) is 0 Å². The SMILES string of the molecule is C/N=C/CCCBr. The topological polar surface area (TPSA) is 12.4 Å². The Morgan fingerprint density at radius 2 is 2.43 bits per heavy atom. The summed E-state index contributed by atoms with van der Waals surface area (Å²) in [6.45, 7) is 0. The van der Waals surface area contributed by atoms with Crippen molar-refractivity contribution in [3.05, 3.63) is 0 Å². The summed E-state index contributed by atoms with van der Waals surface area (Å²) in [7, 11) is 1.80. The molecule has 0 heterocycles. The highest BCUT2D eigenvalue weighted by Gasteiger charge is 1.75. The molecule has 0 aromatic carbocycles. The van der Waals surface area contributed by atoms with Crippen molar-refractivity contribution in [3.63, 3.8) is 0 Å². The largest absolute Gasteiger partial charge is 0.301 e. The molecule has 0 bridgehead atoms. The fourth-order valence-corrected chi connectivity index (χ4v) is 0.621. The number of alkyl halides is 1. The fourth-order valence-electron chi connectivity index (χ4n) is 0.298. The number of halogens is 1. The van der Waals surface area contributed by atoms with Gasteiger partial charge in [0.15, 0.2) is 0 Å². The molecule has 0 aliphatic rings. The first-order valence-electron chi connectivity index (χ1n) is 2.38. The van der Waals surface area contributed by atoms with Gasteiger partial charge in [0.05, 0.1) is 0 Å². The van der Waals surface area contributed by atoms with Crippen molar-refractivity contribution in [2.24, 2.45) is 4.99 Å². The Morgan fingerprint density at radius 1 is 1.71 bits per heavy atom. The molecule has 7 heavy (non-hydrogen) atoms. The molecule has 0 N–H and O–H groups in total. The quantitative estimate of drug-likeness (QED) is 0.343. The Kier molecular flexibility index (Phi) is 6.28. The predicted molar refractivity (Wildman–Crippen MR) is 37.4 cm³/mol. The Morgan fingerprint density at radius 3 is 2.86 bits per heavy atom. The van der Waals surface area contributed by atoms with Gasteiger partial charge in [-0.2, -0.15) is 0 Å². The Labute approximate surface area is 53.0 Å². The Balaban J connectivity index is 2.69. The highest BCUT2D eigenvalue weighted by atomic mass is 79.9. The Hall–Kier alpha value is 0.150. The smallest absolute Gasteiger partial charge is 0.0273 e. The van der Waals surface area contributed by atoms with E-state index < -0.39 is 0 Å². The van der Waals surface area contributed by atoms with Gasteiger partial charge in [0.2, 0.25) is 0 Å². The number of aliphatic imine (C=N–C) groups is 1. The van der Waals surface area contributed by atoms with Crippen molar-refractivity contribution in [2.45, 2.75) is 12.8 Å². The summed E-state index contributed by atoms with van der Waals surface area (Å²) in [5.41, 5.74) is 0. The van der Waals surface area contributed by atoms with Crippen molar-refractivity contribution in [3.8, 4) is 0 Å². The molecule has 0 spiro atoms. The van der Waals surface area contributed by atoms with E-state index in [4.69, 9.17) is 0 Å². The maximum absolute atomic E-state index is 3.83. The lowest BCUT2D eigenvalue weighted by Gasteiger charge is -1.82. The van der Waals surface area contributed by atoms with E-state index in [1.807, 2.05) is 6.21 Å². The van der Waals surface area contributed by atoms with E-state index in [9.17, 15) is 0 Å². The second-order valence-corrected chi connectivity index (χ2v) is 2.06. The third-order valence-corrected chi connectivity index (χ3v) is 1.21. The van der Waals surface area contributed by atoms with Crippen LogP contribution >= 0.6 is 15.9 Å². The number of hydrogen-bond donors (Lipinski definition) is 0. The molecule has 0 amide bonds. The van der Waals surface area contributed by atoms with Crippen LogP contribution < -0.4 is 0 Å². The van der Waals surface area contributed by atoms with Crippen LogP contribution in [0, 0.1) is 0 Å². The summed E-state index contributed by atoms with van der Waals surface area (Å²) >= 11 is 3.32. The number of nitrogens with zero attached hydrogens (tertiary/aromatic N) is 1. The van der Waals surface area contributed by atoms with Gasteiger partial charge in [0.1, 0.15) is 0 Å². The molecular formula is C5H10BrN. The molecule has 1 nitrogen and oxygen atoms in total. The lowest BCUT2D eigenvalue weighted by molar-refractivity contribution is 1.03. The average molecular weight is 164 g/mol. The lowest BCUT2D eigenvalue weighted by atomic mass is 10.4. The minimum absolute atomic E-state index is 1.08. The van der Waals surface area contributed by atoms with Crippen LogP contribution in [0.25, 0.3) is 0 Å². The molecular weight excluding hydrogens is 154 g/mol. The van der Waals surface area contributed by atoms with Crippen molar-refractivity contribution in [1.29, 1.82) is 0 Å². The van der Waals surface area contributed by atoms with Crippen LogP contribution in [0.3, 0.4) is 0 Å². The van der Waals surface area contributed by atoms with E-state index in [0.29, 0.717) is 0 Å². The van der Waals surface area contributed by atoms with E-state index in [-0.39, 0.29) is 0 Å². The molecule has 0 aromatic rings. The second kappa shape index (κ2) is 6.15. The maximum Gasteiger partial charge on any atom is 0.0273 e. The van der Waals surface area contributed by atoms with Crippen molar-refractivity contribution < 1.29 is 0 Å². The van der Waals surface area contributed by atoms with Crippen LogP contribution in [0.2, 0.25) is 0 Å². The van der Waals surface area contributed by atoms with Crippen LogP contribution in [-0.2, 0) is 0 Å². The summed E-state index contributed by atoms with van der Waals surface area (Å²) in [5.74, 6) is 0. The first-order chi connectivity index (χ1) is 3.41. The third-order valence-electron chi connectivity index (χ3n) is 0.649. The zero-order chi connectivity index (χ0) is 5.54. The minimum Gasteiger partial charge on any atom is -0.301 e. The van der Waals surface area contributed by atoms with Gasteiger partial charge in [-0.05, 0) is 19.1 Å². The lowest BCUT2D eigenvalue weighted by Crippen LogP contribution is -1.75. The van der Waals surface area contributed by atoms with Crippen LogP contribution in [0.15, 0.2) is 4.99 Å².